The van der Waals surface area contributed by atoms with Gasteiger partial charge in [0.1, 0.15) is 0 Å². The highest BCUT2D eigenvalue weighted by Crippen LogP contribution is 2.52. The summed E-state index contributed by atoms with van der Waals surface area (Å²) in [6.07, 6.45) is 1.65. The van der Waals surface area contributed by atoms with Crippen molar-refractivity contribution in [2.24, 2.45) is 0 Å². The van der Waals surface area contributed by atoms with E-state index in [0.29, 0.717) is 0 Å². The van der Waals surface area contributed by atoms with E-state index < -0.39 is 5.60 Å². The van der Waals surface area contributed by atoms with Crippen molar-refractivity contribution in [1.29, 1.82) is 0 Å². The molecule has 80 valence electrons. The van der Waals surface area contributed by atoms with Crippen molar-refractivity contribution in [2.45, 2.75) is 25.4 Å². The SMILES string of the molecule is Cc1c(Br)c(C2(O)CC2)cc2c1OCO2. The van der Waals surface area contributed by atoms with E-state index in [-0.39, 0.29) is 6.79 Å². The first kappa shape index (κ1) is 9.48. The zero-order chi connectivity index (χ0) is 10.6. The van der Waals surface area contributed by atoms with Crippen molar-refractivity contribution in [3.05, 3.63) is 21.7 Å². The van der Waals surface area contributed by atoms with Gasteiger partial charge in [-0.25, -0.2) is 0 Å². The molecule has 0 unspecified atom stereocenters. The van der Waals surface area contributed by atoms with Crippen LogP contribution in [0.4, 0.5) is 0 Å². The van der Waals surface area contributed by atoms with Crippen LogP contribution in [-0.2, 0) is 5.60 Å². The maximum Gasteiger partial charge on any atom is 0.231 e. The lowest BCUT2D eigenvalue weighted by Crippen LogP contribution is -2.06. The van der Waals surface area contributed by atoms with Gasteiger partial charge in [-0.2, -0.15) is 0 Å². The lowest BCUT2D eigenvalue weighted by atomic mass is 10.0. The molecular formula is C11H11BrO3. The normalized spacial score (nSPS) is 20.5. The summed E-state index contributed by atoms with van der Waals surface area (Å²) in [5, 5.41) is 10.1. The van der Waals surface area contributed by atoms with Crippen LogP contribution in [-0.4, -0.2) is 11.9 Å². The highest BCUT2D eigenvalue weighted by Gasteiger charge is 2.44. The molecule has 3 nitrogen and oxygen atoms in total. The maximum atomic E-state index is 10.1. The van der Waals surface area contributed by atoms with Gasteiger partial charge in [0.15, 0.2) is 11.5 Å². The Morgan fingerprint density at radius 3 is 2.80 bits per heavy atom. The molecule has 0 aromatic heterocycles. The van der Waals surface area contributed by atoms with Gasteiger partial charge < -0.3 is 14.6 Å². The van der Waals surface area contributed by atoms with Crippen LogP contribution in [0.5, 0.6) is 11.5 Å². The van der Waals surface area contributed by atoms with Crippen molar-refractivity contribution in [3.63, 3.8) is 0 Å². The number of fused-ring (bicyclic) bond motifs is 1. The molecule has 0 radical (unpaired) electrons. The molecule has 2 aliphatic rings. The fourth-order valence-corrected chi connectivity index (χ4v) is 2.57. The monoisotopic (exact) mass is 270 g/mol. The average molecular weight is 271 g/mol. The third-order valence-corrected chi connectivity index (χ3v) is 4.07. The first-order valence-electron chi connectivity index (χ1n) is 4.93. The lowest BCUT2D eigenvalue weighted by Gasteiger charge is -2.14. The molecule has 1 aromatic rings. The van der Waals surface area contributed by atoms with E-state index in [9.17, 15) is 5.11 Å². The zero-order valence-electron chi connectivity index (χ0n) is 8.34. The molecule has 15 heavy (non-hydrogen) atoms. The van der Waals surface area contributed by atoms with Gasteiger partial charge in [-0.1, -0.05) is 0 Å². The predicted molar refractivity (Wildman–Crippen MR) is 58.1 cm³/mol. The van der Waals surface area contributed by atoms with Crippen LogP contribution in [0.3, 0.4) is 0 Å². The molecule has 0 bridgehead atoms. The summed E-state index contributed by atoms with van der Waals surface area (Å²) in [5.74, 6) is 1.53. The lowest BCUT2D eigenvalue weighted by molar-refractivity contribution is 0.150. The molecule has 0 saturated heterocycles. The highest BCUT2D eigenvalue weighted by molar-refractivity contribution is 9.10. The van der Waals surface area contributed by atoms with Crippen LogP contribution in [0.25, 0.3) is 0 Å². The Bertz CT molecular complexity index is 438. The summed E-state index contributed by atoms with van der Waals surface area (Å²) < 4.78 is 11.6. The summed E-state index contributed by atoms with van der Waals surface area (Å²) in [6.45, 7) is 2.23. The number of benzene rings is 1. The molecule has 4 heteroatoms. The first-order chi connectivity index (χ1) is 7.12. The topological polar surface area (TPSA) is 38.7 Å². The van der Waals surface area contributed by atoms with Crippen LogP contribution >= 0.6 is 15.9 Å². The van der Waals surface area contributed by atoms with E-state index in [2.05, 4.69) is 15.9 Å². The van der Waals surface area contributed by atoms with Crippen LogP contribution in [0.15, 0.2) is 10.5 Å². The van der Waals surface area contributed by atoms with Gasteiger partial charge in [-0.3, -0.25) is 0 Å². The van der Waals surface area contributed by atoms with Gasteiger partial charge in [0.25, 0.3) is 0 Å². The summed E-state index contributed by atoms with van der Waals surface area (Å²) in [6, 6.07) is 1.88. The summed E-state index contributed by atoms with van der Waals surface area (Å²) in [4.78, 5) is 0. The Hall–Kier alpha value is -0.740. The second kappa shape index (κ2) is 2.89. The van der Waals surface area contributed by atoms with E-state index in [1.54, 1.807) is 0 Å². The zero-order valence-corrected chi connectivity index (χ0v) is 9.93. The minimum absolute atomic E-state index is 0.268. The molecule has 1 saturated carbocycles. The van der Waals surface area contributed by atoms with Crippen molar-refractivity contribution >= 4 is 15.9 Å². The second-order valence-corrected chi connectivity index (χ2v) is 4.92. The van der Waals surface area contributed by atoms with E-state index in [4.69, 9.17) is 9.47 Å². The van der Waals surface area contributed by atoms with E-state index >= 15 is 0 Å². The maximum absolute atomic E-state index is 10.1. The standard InChI is InChI=1S/C11H11BrO3/c1-6-9(12)7(11(13)2-3-11)4-8-10(6)15-5-14-8/h4,13H,2-3,5H2,1H3. The van der Waals surface area contributed by atoms with Crippen molar-refractivity contribution in [1.82, 2.24) is 0 Å². The van der Waals surface area contributed by atoms with Crippen molar-refractivity contribution in [3.8, 4) is 11.5 Å². The third-order valence-electron chi connectivity index (χ3n) is 3.05. The predicted octanol–water partition coefficient (Wildman–Crippen LogP) is 2.47. The third kappa shape index (κ3) is 1.28. The number of hydrogen-bond acceptors (Lipinski definition) is 3. The van der Waals surface area contributed by atoms with Crippen LogP contribution in [0.2, 0.25) is 0 Å². The van der Waals surface area contributed by atoms with Crippen LogP contribution in [0, 0.1) is 6.92 Å². The molecule has 3 rings (SSSR count). The van der Waals surface area contributed by atoms with Gasteiger partial charge >= 0.3 is 0 Å². The van der Waals surface area contributed by atoms with Crippen molar-refractivity contribution < 1.29 is 14.6 Å². The Balaban J connectivity index is 2.20. The first-order valence-corrected chi connectivity index (χ1v) is 5.73. The van der Waals surface area contributed by atoms with E-state index in [0.717, 1.165) is 39.9 Å². The molecule has 1 heterocycles. The molecule has 0 spiro atoms. The largest absolute Gasteiger partial charge is 0.454 e. The number of hydrogen-bond donors (Lipinski definition) is 1. The molecule has 1 aliphatic carbocycles. The fourth-order valence-electron chi connectivity index (χ4n) is 1.91. The Morgan fingerprint density at radius 2 is 2.13 bits per heavy atom. The number of aliphatic hydroxyl groups is 1. The second-order valence-electron chi connectivity index (χ2n) is 4.13. The fraction of sp³-hybridized carbons (Fsp3) is 0.455. The number of ether oxygens (including phenoxy) is 2. The van der Waals surface area contributed by atoms with Crippen molar-refractivity contribution in [2.75, 3.05) is 6.79 Å². The number of halogens is 1. The van der Waals surface area contributed by atoms with Gasteiger partial charge in [-0.05, 0) is 41.8 Å². The molecule has 0 atom stereocenters. The van der Waals surface area contributed by atoms with Gasteiger partial charge in [0.05, 0.1) is 5.60 Å². The van der Waals surface area contributed by atoms with Gasteiger partial charge in [0.2, 0.25) is 6.79 Å². The Labute approximate surface area is 96.1 Å². The summed E-state index contributed by atoms with van der Waals surface area (Å²) in [7, 11) is 0. The summed E-state index contributed by atoms with van der Waals surface area (Å²) in [5.41, 5.74) is 1.27. The number of rotatable bonds is 1. The van der Waals surface area contributed by atoms with Crippen LogP contribution < -0.4 is 9.47 Å². The molecule has 0 amide bonds. The quantitative estimate of drug-likeness (QED) is 0.852. The molecule has 1 aliphatic heterocycles. The molecule has 1 aromatic carbocycles. The average Bonchev–Trinajstić information content (AvgIpc) is 2.80. The minimum Gasteiger partial charge on any atom is -0.454 e. The molecule has 1 fully saturated rings. The molecule has 1 N–H and O–H groups in total. The summed E-state index contributed by atoms with van der Waals surface area (Å²) >= 11 is 3.51. The van der Waals surface area contributed by atoms with Crippen LogP contribution in [0.1, 0.15) is 24.0 Å². The highest BCUT2D eigenvalue weighted by atomic mass is 79.9. The Kier molecular flexibility index (Phi) is 1.83. The van der Waals surface area contributed by atoms with Gasteiger partial charge in [0, 0.05) is 15.6 Å². The Morgan fingerprint density at radius 1 is 1.40 bits per heavy atom. The van der Waals surface area contributed by atoms with Gasteiger partial charge in [-0.15, -0.1) is 0 Å². The minimum atomic E-state index is -0.648. The van der Waals surface area contributed by atoms with E-state index in [1.165, 1.54) is 0 Å². The smallest absolute Gasteiger partial charge is 0.231 e. The molecular weight excluding hydrogens is 260 g/mol. The van der Waals surface area contributed by atoms with E-state index in [1.807, 2.05) is 13.0 Å².